The number of rotatable bonds is 3. The van der Waals surface area contributed by atoms with E-state index in [2.05, 4.69) is 12.1 Å². The zero-order valence-corrected chi connectivity index (χ0v) is 12.0. The van der Waals surface area contributed by atoms with Crippen molar-refractivity contribution in [1.29, 1.82) is 0 Å². The molecule has 2 heterocycles. The predicted molar refractivity (Wildman–Crippen MR) is 77.2 cm³/mol. The van der Waals surface area contributed by atoms with Crippen molar-refractivity contribution in [3.05, 3.63) is 35.9 Å². The summed E-state index contributed by atoms with van der Waals surface area (Å²) in [5.74, 6) is 0. The second kappa shape index (κ2) is 6.03. The zero-order valence-electron chi connectivity index (χ0n) is 12.0. The van der Waals surface area contributed by atoms with Crippen molar-refractivity contribution in [3.8, 4) is 0 Å². The minimum absolute atomic E-state index is 0.113. The van der Waals surface area contributed by atoms with Gasteiger partial charge in [0.1, 0.15) is 0 Å². The second-order valence-corrected chi connectivity index (χ2v) is 5.89. The lowest BCUT2D eigenvalue weighted by molar-refractivity contribution is -0.0418. The number of hydrogen-bond donors (Lipinski definition) is 1. The van der Waals surface area contributed by atoms with Gasteiger partial charge in [-0.05, 0) is 18.4 Å². The highest BCUT2D eigenvalue weighted by atomic mass is 16.6. The topological polar surface area (TPSA) is 59.0 Å². The molecular weight excluding hydrogens is 270 g/mol. The molecular formula is C16H21NO4. The van der Waals surface area contributed by atoms with E-state index in [1.54, 1.807) is 0 Å². The lowest BCUT2D eigenvalue weighted by Crippen LogP contribution is -2.46. The Labute approximate surface area is 124 Å². The Morgan fingerprint density at radius 1 is 1.33 bits per heavy atom. The van der Waals surface area contributed by atoms with Crippen molar-refractivity contribution < 1.29 is 19.4 Å². The molecule has 0 bridgehead atoms. The summed E-state index contributed by atoms with van der Waals surface area (Å²) in [5.41, 5.74) is 0.993. The first-order chi connectivity index (χ1) is 10.2. The molecule has 1 unspecified atom stereocenters. The highest BCUT2D eigenvalue weighted by molar-refractivity contribution is 5.65. The smallest absolute Gasteiger partial charge is 0.407 e. The van der Waals surface area contributed by atoms with Crippen molar-refractivity contribution in [2.75, 3.05) is 19.7 Å². The van der Waals surface area contributed by atoms with E-state index in [1.807, 2.05) is 18.2 Å². The molecule has 0 aliphatic carbocycles. The Bertz CT molecular complexity index is 482. The minimum Gasteiger partial charge on any atom is -0.465 e. The van der Waals surface area contributed by atoms with Gasteiger partial charge >= 0.3 is 6.09 Å². The number of carboxylic acid groups (broad SMARTS) is 1. The fourth-order valence-corrected chi connectivity index (χ4v) is 3.15. The number of amides is 1. The van der Waals surface area contributed by atoms with Gasteiger partial charge in [-0.25, -0.2) is 4.79 Å². The maximum Gasteiger partial charge on any atom is 0.407 e. The summed E-state index contributed by atoms with van der Waals surface area (Å²) < 4.78 is 11.9. The molecule has 0 aromatic heterocycles. The summed E-state index contributed by atoms with van der Waals surface area (Å²) in [4.78, 5) is 12.4. The Hall–Kier alpha value is -1.59. The lowest BCUT2D eigenvalue weighted by Gasteiger charge is -2.37. The van der Waals surface area contributed by atoms with Gasteiger partial charge in [0.15, 0.2) is 0 Å². The van der Waals surface area contributed by atoms with Crippen LogP contribution in [-0.2, 0) is 16.1 Å². The van der Waals surface area contributed by atoms with E-state index in [9.17, 15) is 4.79 Å². The van der Waals surface area contributed by atoms with Crippen molar-refractivity contribution in [2.45, 2.75) is 37.6 Å². The van der Waals surface area contributed by atoms with Gasteiger partial charge in [0.05, 0.1) is 24.9 Å². The Morgan fingerprint density at radius 3 is 2.71 bits per heavy atom. The van der Waals surface area contributed by atoms with Gasteiger partial charge in [-0.15, -0.1) is 0 Å². The van der Waals surface area contributed by atoms with Crippen LogP contribution < -0.4 is 0 Å². The quantitative estimate of drug-likeness (QED) is 0.929. The third-order valence-corrected chi connectivity index (χ3v) is 4.45. The van der Waals surface area contributed by atoms with Crippen LogP contribution in [0.2, 0.25) is 0 Å². The van der Waals surface area contributed by atoms with Crippen LogP contribution in [0.1, 0.15) is 24.8 Å². The van der Waals surface area contributed by atoms with Gasteiger partial charge in [0.25, 0.3) is 0 Å². The fraction of sp³-hybridized carbons (Fsp3) is 0.562. The molecule has 5 nitrogen and oxygen atoms in total. The second-order valence-electron chi connectivity index (χ2n) is 5.89. The molecule has 1 aromatic carbocycles. The minimum atomic E-state index is -0.834. The average Bonchev–Trinajstić information content (AvgIpc) is 2.90. The van der Waals surface area contributed by atoms with Crippen molar-refractivity contribution in [1.82, 2.24) is 4.90 Å². The van der Waals surface area contributed by atoms with Crippen LogP contribution in [0.25, 0.3) is 0 Å². The van der Waals surface area contributed by atoms with Crippen LogP contribution >= 0.6 is 0 Å². The molecule has 114 valence electrons. The lowest BCUT2D eigenvalue weighted by atomic mass is 9.88. The van der Waals surface area contributed by atoms with E-state index in [-0.39, 0.29) is 11.7 Å². The van der Waals surface area contributed by atoms with E-state index in [0.29, 0.717) is 26.3 Å². The van der Waals surface area contributed by atoms with E-state index in [4.69, 9.17) is 14.6 Å². The molecule has 1 N–H and O–H groups in total. The SMILES string of the molecule is O=C(O)N1CCC2(CC1)CC(OCc1ccccc1)CO2. The summed E-state index contributed by atoms with van der Waals surface area (Å²) in [6.07, 6.45) is 1.68. The maximum atomic E-state index is 10.9. The van der Waals surface area contributed by atoms with Crippen LogP contribution in [-0.4, -0.2) is 47.5 Å². The zero-order chi connectivity index (χ0) is 14.7. The molecule has 2 aliphatic heterocycles. The first-order valence-electron chi connectivity index (χ1n) is 7.44. The van der Waals surface area contributed by atoms with Gasteiger partial charge in [-0.2, -0.15) is 0 Å². The number of carbonyl (C=O) groups is 1. The van der Waals surface area contributed by atoms with Crippen LogP contribution in [0.5, 0.6) is 0 Å². The number of nitrogens with zero attached hydrogens (tertiary/aromatic N) is 1. The highest BCUT2D eigenvalue weighted by Gasteiger charge is 2.43. The first kappa shape index (κ1) is 14.4. The Kier molecular flexibility index (Phi) is 4.12. The number of likely N-dealkylation sites (tertiary alicyclic amines) is 1. The molecule has 21 heavy (non-hydrogen) atoms. The normalized spacial score (nSPS) is 24.4. The molecule has 1 spiro atoms. The number of hydrogen-bond acceptors (Lipinski definition) is 3. The fourth-order valence-electron chi connectivity index (χ4n) is 3.15. The molecule has 1 aromatic rings. The van der Waals surface area contributed by atoms with E-state index >= 15 is 0 Å². The molecule has 1 amide bonds. The summed E-state index contributed by atoms with van der Waals surface area (Å²) >= 11 is 0. The van der Waals surface area contributed by atoms with Crippen molar-refractivity contribution >= 4 is 6.09 Å². The molecule has 2 aliphatic rings. The number of ether oxygens (including phenoxy) is 2. The molecule has 2 saturated heterocycles. The average molecular weight is 291 g/mol. The highest BCUT2D eigenvalue weighted by Crippen LogP contribution is 2.37. The van der Waals surface area contributed by atoms with Gasteiger partial charge in [0, 0.05) is 19.5 Å². The van der Waals surface area contributed by atoms with Crippen LogP contribution in [0.3, 0.4) is 0 Å². The summed E-state index contributed by atoms with van der Waals surface area (Å²) in [7, 11) is 0. The molecule has 3 rings (SSSR count). The molecule has 0 radical (unpaired) electrons. The maximum absolute atomic E-state index is 10.9. The first-order valence-corrected chi connectivity index (χ1v) is 7.44. The molecule has 2 fully saturated rings. The van der Waals surface area contributed by atoms with Crippen molar-refractivity contribution in [2.24, 2.45) is 0 Å². The summed E-state index contributed by atoms with van der Waals surface area (Å²) in [6, 6.07) is 10.1. The van der Waals surface area contributed by atoms with Crippen molar-refractivity contribution in [3.63, 3.8) is 0 Å². The number of piperidine rings is 1. The molecule has 0 saturated carbocycles. The van der Waals surface area contributed by atoms with E-state index in [1.165, 1.54) is 10.5 Å². The molecule has 1 atom stereocenters. The van der Waals surface area contributed by atoms with Crippen LogP contribution in [0.4, 0.5) is 4.79 Å². The molecule has 5 heteroatoms. The Balaban J connectivity index is 1.48. The number of benzene rings is 1. The largest absolute Gasteiger partial charge is 0.465 e. The summed E-state index contributed by atoms with van der Waals surface area (Å²) in [5, 5.41) is 8.99. The van der Waals surface area contributed by atoms with Gasteiger partial charge < -0.3 is 19.5 Å². The monoisotopic (exact) mass is 291 g/mol. The van der Waals surface area contributed by atoms with Crippen LogP contribution in [0, 0.1) is 0 Å². The standard InChI is InChI=1S/C16H21NO4/c18-15(19)17-8-6-16(7-9-17)10-14(12-21-16)20-11-13-4-2-1-3-5-13/h1-5,14H,6-12H2,(H,18,19). The summed E-state index contributed by atoms with van der Waals surface area (Å²) in [6.45, 7) is 2.33. The van der Waals surface area contributed by atoms with E-state index in [0.717, 1.165) is 19.3 Å². The van der Waals surface area contributed by atoms with Gasteiger partial charge in [-0.3, -0.25) is 0 Å². The third-order valence-electron chi connectivity index (χ3n) is 4.45. The predicted octanol–water partition coefficient (Wildman–Crippen LogP) is 2.50. The third kappa shape index (κ3) is 3.36. The van der Waals surface area contributed by atoms with Crippen LogP contribution in [0.15, 0.2) is 30.3 Å². The van der Waals surface area contributed by atoms with Gasteiger partial charge in [-0.1, -0.05) is 30.3 Å². The van der Waals surface area contributed by atoms with E-state index < -0.39 is 6.09 Å². The Morgan fingerprint density at radius 2 is 2.05 bits per heavy atom. The van der Waals surface area contributed by atoms with Gasteiger partial charge in [0.2, 0.25) is 0 Å².